The van der Waals surface area contributed by atoms with Crippen molar-refractivity contribution in [1.29, 1.82) is 0 Å². The first-order valence-electron chi connectivity index (χ1n) is 7.79. The summed E-state index contributed by atoms with van der Waals surface area (Å²) in [7, 11) is 0. The summed E-state index contributed by atoms with van der Waals surface area (Å²) in [5, 5.41) is 3.59. The minimum absolute atomic E-state index is 0.161. The van der Waals surface area contributed by atoms with Crippen LogP contribution >= 0.6 is 15.9 Å². The minimum Gasteiger partial charge on any atom is -0.314 e. The second kappa shape index (κ2) is 9.51. The lowest BCUT2D eigenvalue weighted by Gasteiger charge is -2.27. The maximum Gasteiger partial charge on any atom is 0.124 e. The van der Waals surface area contributed by atoms with Gasteiger partial charge in [-0.15, -0.1) is 0 Å². The van der Waals surface area contributed by atoms with Gasteiger partial charge in [-0.1, -0.05) is 56.0 Å². The van der Waals surface area contributed by atoms with Crippen LogP contribution in [0.2, 0.25) is 0 Å². The fraction of sp³-hybridized carbons (Fsp3) is 0.647. The molecule has 0 saturated carbocycles. The number of hydrogen-bond acceptors (Lipinski definition) is 1. The summed E-state index contributed by atoms with van der Waals surface area (Å²) in [6.07, 6.45) is 5.83. The van der Waals surface area contributed by atoms with Gasteiger partial charge in [-0.05, 0) is 49.1 Å². The molecule has 1 rings (SSSR count). The molecule has 1 N–H and O–H groups in total. The zero-order chi connectivity index (χ0) is 15.0. The summed E-state index contributed by atoms with van der Waals surface area (Å²) in [4.78, 5) is 0. The van der Waals surface area contributed by atoms with Gasteiger partial charge < -0.3 is 5.32 Å². The molecule has 3 heteroatoms. The van der Waals surface area contributed by atoms with Gasteiger partial charge in [-0.2, -0.15) is 0 Å². The van der Waals surface area contributed by atoms with Crippen LogP contribution in [0.4, 0.5) is 4.39 Å². The number of unbranched alkanes of at least 4 members (excludes halogenated alkanes) is 1. The van der Waals surface area contributed by atoms with Gasteiger partial charge in [-0.3, -0.25) is 0 Å². The first-order valence-corrected chi connectivity index (χ1v) is 8.58. The molecule has 0 bridgehead atoms. The topological polar surface area (TPSA) is 12.0 Å². The molecule has 0 aliphatic carbocycles. The Balaban J connectivity index is 2.78. The zero-order valence-corrected chi connectivity index (χ0v) is 14.5. The van der Waals surface area contributed by atoms with E-state index in [0.717, 1.165) is 23.0 Å². The maximum absolute atomic E-state index is 13.5. The Morgan fingerprint density at radius 3 is 2.50 bits per heavy atom. The van der Waals surface area contributed by atoms with E-state index in [0.29, 0.717) is 12.0 Å². The van der Waals surface area contributed by atoms with Crippen LogP contribution in [-0.2, 0) is 6.42 Å². The van der Waals surface area contributed by atoms with E-state index < -0.39 is 0 Å². The van der Waals surface area contributed by atoms with Gasteiger partial charge in [0.05, 0.1) is 0 Å². The summed E-state index contributed by atoms with van der Waals surface area (Å²) in [6.45, 7) is 7.59. The molecule has 0 radical (unpaired) electrons. The molecule has 20 heavy (non-hydrogen) atoms. The molecule has 0 heterocycles. The van der Waals surface area contributed by atoms with E-state index in [9.17, 15) is 4.39 Å². The number of halogens is 2. The predicted molar refractivity (Wildman–Crippen MR) is 88.6 cm³/mol. The van der Waals surface area contributed by atoms with Crippen molar-refractivity contribution < 1.29 is 4.39 Å². The van der Waals surface area contributed by atoms with E-state index >= 15 is 0 Å². The third-order valence-corrected chi connectivity index (χ3v) is 4.32. The third kappa shape index (κ3) is 5.92. The van der Waals surface area contributed by atoms with E-state index in [4.69, 9.17) is 0 Å². The van der Waals surface area contributed by atoms with Crippen LogP contribution in [-0.4, -0.2) is 12.6 Å². The fourth-order valence-corrected chi connectivity index (χ4v) is 3.32. The SMILES string of the molecule is CCCCC(CC)C(Cc1cc(F)cc(Br)c1)NCC. The van der Waals surface area contributed by atoms with Gasteiger partial charge in [0.1, 0.15) is 5.82 Å². The molecule has 2 atom stereocenters. The van der Waals surface area contributed by atoms with Gasteiger partial charge in [0.15, 0.2) is 0 Å². The largest absolute Gasteiger partial charge is 0.314 e. The lowest BCUT2D eigenvalue weighted by atomic mass is 9.87. The molecule has 0 amide bonds. The highest BCUT2D eigenvalue weighted by atomic mass is 79.9. The molecular formula is C17H27BrFN. The standard InChI is InChI=1S/C17H27BrFN/c1-4-7-8-14(5-2)17(20-6-3)11-13-9-15(18)12-16(19)10-13/h9-10,12,14,17,20H,4-8,11H2,1-3H3. The number of likely N-dealkylation sites (N-methyl/N-ethyl adjacent to an activating group) is 1. The Labute approximate surface area is 131 Å². The van der Waals surface area contributed by atoms with E-state index in [1.165, 1.54) is 31.7 Å². The molecule has 1 nitrogen and oxygen atoms in total. The number of nitrogens with one attached hydrogen (secondary N) is 1. The highest BCUT2D eigenvalue weighted by Crippen LogP contribution is 2.22. The van der Waals surface area contributed by atoms with Gasteiger partial charge in [0, 0.05) is 10.5 Å². The summed E-state index contributed by atoms with van der Waals surface area (Å²) in [5.74, 6) is 0.503. The van der Waals surface area contributed by atoms with Crippen molar-refractivity contribution in [3.8, 4) is 0 Å². The van der Waals surface area contributed by atoms with Crippen molar-refractivity contribution >= 4 is 15.9 Å². The molecule has 1 aromatic carbocycles. The summed E-state index contributed by atoms with van der Waals surface area (Å²) < 4.78 is 14.3. The van der Waals surface area contributed by atoms with Crippen LogP contribution in [0.25, 0.3) is 0 Å². The predicted octanol–water partition coefficient (Wildman–Crippen LogP) is 5.33. The quantitative estimate of drug-likeness (QED) is 0.639. The van der Waals surface area contributed by atoms with Crippen molar-refractivity contribution in [2.75, 3.05) is 6.54 Å². The maximum atomic E-state index is 13.5. The third-order valence-electron chi connectivity index (χ3n) is 3.87. The molecule has 0 aliphatic heterocycles. The van der Waals surface area contributed by atoms with E-state index in [1.807, 2.05) is 6.07 Å². The normalized spacial score (nSPS) is 14.2. The Bertz CT molecular complexity index is 374. The molecular weight excluding hydrogens is 317 g/mol. The van der Waals surface area contributed by atoms with Gasteiger partial charge in [0.25, 0.3) is 0 Å². The van der Waals surface area contributed by atoms with Crippen molar-refractivity contribution in [1.82, 2.24) is 5.32 Å². The van der Waals surface area contributed by atoms with E-state index in [-0.39, 0.29) is 5.82 Å². The first-order chi connectivity index (χ1) is 9.60. The van der Waals surface area contributed by atoms with Crippen molar-refractivity contribution in [2.24, 2.45) is 5.92 Å². The van der Waals surface area contributed by atoms with Gasteiger partial charge in [0.2, 0.25) is 0 Å². The lowest BCUT2D eigenvalue weighted by molar-refractivity contribution is 0.319. The van der Waals surface area contributed by atoms with E-state index in [1.54, 1.807) is 6.07 Å². The Morgan fingerprint density at radius 1 is 1.20 bits per heavy atom. The van der Waals surface area contributed by atoms with Crippen LogP contribution in [0.3, 0.4) is 0 Å². The van der Waals surface area contributed by atoms with Crippen LogP contribution in [0, 0.1) is 11.7 Å². The monoisotopic (exact) mass is 343 g/mol. The Hall–Kier alpha value is -0.410. The van der Waals surface area contributed by atoms with Gasteiger partial charge in [-0.25, -0.2) is 4.39 Å². The number of rotatable bonds is 9. The second-order valence-electron chi connectivity index (χ2n) is 5.46. The Kier molecular flexibility index (Phi) is 8.39. The molecule has 0 fully saturated rings. The molecule has 0 aliphatic rings. The van der Waals surface area contributed by atoms with Gasteiger partial charge >= 0.3 is 0 Å². The highest BCUT2D eigenvalue weighted by molar-refractivity contribution is 9.10. The zero-order valence-electron chi connectivity index (χ0n) is 12.9. The average Bonchev–Trinajstić information content (AvgIpc) is 2.38. The minimum atomic E-state index is -0.161. The number of benzene rings is 1. The smallest absolute Gasteiger partial charge is 0.124 e. The molecule has 0 saturated heterocycles. The Morgan fingerprint density at radius 2 is 1.95 bits per heavy atom. The van der Waals surface area contributed by atoms with Crippen LogP contribution in [0.15, 0.2) is 22.7 Å². The molecule has 2 unspecified atom stereocenters. The van der Waals surface area contributed by atoms with E-state index in [2.05, 4.69) is 42.0 Å². The van der Waals surface area contributed by atoms with Crippen LogP contribution in [0.5, 0.6) is 0 Å². The second-order valence-corrected chi connectivity index (χ2v) is 6.37. The van der Waals surface area contributed by atoms with Crippen LogP contribution in [0.1, 0.15) is 52.0 Å². The summed E-state index contributed by atoms with van der Waals surface area (Å²) >= 11 is 3.38. The van der Waals surface area contributed by atoms with Crippen molar-refractivity contribution in [3.05, 3.63) is 34.1 Å². The molecule has 1 aromatic rings. The molecule has 0 spiro atoms. The fourth-order valence-electron chi connectivity index (χ4n) is 2.81. The first kappa shape index (κ1) is 17.6. The summed E-state index contributed by atoms with van der Waals surface area (Å²) in [6, 6.07) is 5.63. The van der Waals surface area contributed by atoms with Crippen molar-refractivity contribution in [3.63, 3.8) is 0 Å². The van der Waals surface area contributed by atoms with Crippen LogP contribution < -0.4 is 5.32 Å². The van der Waals surface area contributed by atoms with Crippen molar-refractivity contribution in [2.45, 2.75) is 58.9 Å². The lowest BCUT2D eigenvalue weighted by Crippen LogP contribution is -2.38. The average molecular weight is 344 g/mol. The summed E-state index contributed by atoms with van der Waals surface area (Å²) in [5.41, 5.74) is 1.07. The molecule has 0 aromatic heterocycles. The number of hydrogen-bond donors (Lipinski definition) is 1. The molecule has 114 valence electrons. The highest BCUT2D eigenvalue weighted by Gasteiger charge is 2.19.